The van der Waals surface area contributed by atoms with Crippen LogP contribution in [-0.4, -0.2) is 64.7 Å². The van der Waals surface area contributed by atoms with E-state index in [1.54, 1.807) is 7.11 Å². The Morgan fingerprint density at radius 2 is 1.80 bits per heavy atom. The van der Waals surface area contributed by atoms with Gasteiger partial charge in [-0.15, -0.1) is 10.2 Å². The normalized spacial score (nSPS) is 14.0. The van der Waals surface area contributed by atoms with Crippen LogP contribution >= 0.6 is 11.8 Å². The summed E-state index contributed by atoms with van der Waals surface area (Å²) >= 11 is 1.41. The van der Waals surface area contributed by atoms with Crippen LogP contribution in [0.3, 0.4) is 0 Å². The molecule has 0 atom stereocenters. The maximum absolute atomic E-state index is 12.6. The van der Waals surface area contributed by atoms with Crippen LogP contribution in [0.1, 0.15) is 11.4 Å². The molecule has 0 unspecified atom stereocenters. The molecule has 0 spiro atoms. The van der Waals surface area contributed by atoms with Crippen molar-refractivity contribution in [2.24, 2.45) is 0 Å². The van der Waals surface area contributed by atoms with E-state index in [4.69, 9.17) is 9.47 Å². The number of carbonyl (C=O) groups is 1. The number of thioether (sulfide) groups is 1. The van der Waals surface area contributed by atoms with Gasteiger partial charge in [-0.05, 0) is 29.8 Å². The monoisotopic (exact) mass is 424 g/mol. The molecule has 1 aliphatic heterocycles. The van der Waals surface area contributed by atoms with Crippen LogP contribution in [0.4, 0.5) is 0 Å². The molecule has 0 N–H and O–H groups in total. The van der Waals surface area contributed by atoms with E-state index in [1.165, 1.54) is 11.8 Å². The summed E-state index contributed by atoms with van der Waals surface area (Å²) in [6, 6.07) is 17.9. The zero-order valence-corrected chi connectivity index (χ0v) is 17.7. The number of amides is 1. The van der Waals surface area contributed by atoms with Crippen molar-refractivity contribution in [2.75, 3.05) is 39.2 Å². The summed E-state index contributed by atoms with van der Waals surface area (Å²) in [4.78, 5) is 14.4. The van der Waals surface area contributed by atoms with Crippen molar-refractivity contribution in [1.82, 2.24) is 19.7 Å². The Kier molecular flexibility index (Phi) is 6.66. The molecule has 1 aromatic heterocycles. The van der Waals surface area contributed by atoms with Gasteiger partial charge in [0.1, 0.15) is 11.6 Å². The Balaban J connectivity index is 1.58. The molecule has 0 aliphatic carbocycles. The lowest BCUT2D eigenvalue weighted by Crippen LogP contribution is -2.41. The predicted octanol–water partition coefficient (Wildman–Crippen LogP) is 2.82. The first kappa shape index (κ1) is 20.4. The molecule has 2 aromatic carbocycles. The number of nitrogens with zero attached hydrogens (tertiary/aromatic N) is 4. The lowest BCUT2D eigenvalue weighted by Gasteiger charge is -2.26. The number of morpholine rings is 1. The molecule has 1 fully saturated rings. The molecule has 1 amide bonds. The lowest BCUT2D eigenvalue weighted by atomic mass is 10.1. The van der Waals surface area contributed by atoms with Crippen molar-refractivity contribution in [3.63, 3.8) is 0 Å². The third-order valence-corrected chi connectivity index (χ3v) is 5.84. The van der Waals surface area contributed by atoms with Gasteiger partial charge in [-0.2, -0.15) is 0 Å². The maximum atomic E-state index is 12.6. The van der Waals surface area contributed by atoms with E-state index in [2.05, 4.69) is 22.3 Å². The number of hydrogen-bond acceptors (Lipinski definition) is 6. The molecule has 1 aliphatic rings. The highest BCUT2D eigenvalue weighted by Crippen LogP contribution is 2.25. The summed E-state index contributed by atoms with van der Waals surface area (Å²) in [7, 11) is 1.65. The van der Waals surface area contributed by atoms with E-state index in [9.17, 15) is 4.79 Å². The van der Waals surface area contributed by atoms with Crippen molar-refractivity contribution in [1.29, 1.82) is 0 Å². The Morgan fingerprint density at radius 3 is 2.50 bits per heavy atom. The van der Waals surface area contributed by atoms with Gasteiger partial charge in [0.25, 0.3) is 0 Å². The Morgan fingerprint density at radius 1 is 1.07 bits per heavy atom. The van der Waals surface area contributed by atoms with Gasteiger partial charge in [-0.1, -0.05) is 42.1 Å². The molecule has 4 rings (SSSR count). The van der Waals surface area contributed by atoms with Gasteiger partial charge < -0.3 is 14.4 Å². The fourth-order valence-corrected chi connectivity index (χ4v) is 4.18. The minimum absolute atomic E-state index is 0.0946. The van der Waals surface area contributed by atoms with Crippen LogP contribution in [0.25, 0.3) is 5.69 Å². The topological polar surface area (TPSA) is 69.5 Å². The molecule has 1 saturated heterocycles. The summed E-state index contributed by atoms with van der Waals surface area (Å²) < 4.78 is 12.6. The Labute approximate surface area is 180 Å². The number of rotatable bonds is 7. The van der Waals surface area contributed by atoms with E-state index in [-0.39, 0.29) is 5.91 Å². The van der Waals surface area contributed by atoms with Gasteiger partial charge in [-0.3, -0.25) is 9.36 Å². The average Bonchev–Trinajstić information content (AvgIpc) is 3.21. The molecule has 0 saturated carbocycles. The third kappa shape index (κ3) is 4.83. The second-order valence-corrected chi connectivity index (χ2v) is 7.82. The summed E-state index contributed by atoms with van der Waals surface area (Å²) in [5, 5.41) is 9.54. The molecule has 0 bridgehead atoms. The van der Waals surface area contributed by atoms with Crippen molar-refractivity contribution < 1.29 is 14.3 Å². The number of carbonyl (C=O) groups excluding carboxylic acids is 1. The standard InChI is InChI=1S/C22H24N4O3S/c1-28-19-9-7-18(8-10-19)26-20(15-17-5-3-2-4-6-17)23-24-22(26)30-16-21(27)25-11-13-29-14-12-25/h2-10H,11-16H2,1H3. The largest absolute Gasteiger partial charge is 0.497 e. The van der Waals surface area contributed by atoms with Gasteiger partial charge in [0.2, 0.25) is 5.91 Å². The number of ether oxygens (including phenoxy) is 2. The van der Waals surface area contributed by atoms with E-state index < -0.39 is 0 Å². The fraction of sp³-hybridized carbons (Fsp3) is 0.318. The van der Waals surface area contributed by atoms with Crippen LogP contribution < -0.4 is 4.74 Å². The summed E-state index contributed by atoms with van der Waals surface area (Å²) in [6.07, 6.45) is 0.651. The zero-order valence-electron chi connectivity index (χ0n) is 16.9. The second kappa shape index (κ2) is 9.77. The van der Waals surface area contributed by atoms with Crippen LogP contribution in [0.15, 0.2) is 59.8 Å². The fourth-order valence-electron chi connectivity index (χ4n) is 3.31. The second-order valence-electron chi connectivity index (χ2n) is 6.88. The molecule has 0 radical (unpaired) electrons. The van der Waals surface area contributed by atoms with Gasteiger partial charge in [0.05, 0.1) is 26.1 Å². The Bertz CT molecular complexity index is 970. The SMILES string of the molecule is COc1ccc(-n2c(Cc3ccccc3)nnc2SCC(=O)N2CCOCC2)cc1. The maximum Gasteiger partial charge on any atom is 0.233 e. The average molecular weight is 425 g/mol. The van der Waals surface area contributed by atoms with E-state index >= 15 is 0 Å². The Hall–Kier alpha value is -2.84. The minimum atomic E-state index is 0.0946. The molecule has 30 heavy (non-hydrogen) atoms. The molecule has 3 aromatic rings. The van der Waals surface area contributed by atoms with Crippen LogP contribution in [0.2, 0.25) is 0 Å². The number of aromatic nitrogens is 3. The predicted molar refractivity (Wildman–Crippen MR) is 115 cm³/mol. The molecule has 2 heterocycles. The highest BCUT2D eigenvalue weighted by atomic mass is 32.2. The third-order valence-electron chi connectivity index (χ3n) is 4.92. The first-order valence-corrected chi connectivity index (χ1v) is 10.8. The smallest absolute Gasteiger partial charge is 0.233 e. The summed E-state index contributed by atoms with van der Waals surface area (Å²) in [5.74, 6) is 2.03. The first-order valence-electron chi connectivity index (χ1n) is 9.85. The quantitative estimate of drug-likeness (QED) is 0.543. The van der Waals surface area contributed by atoms with Crippen molar-refractivity contribution in [3.8, 4) is 11.4 Å². The van der Waals surface area contributed by atoms with Gasteiger partial charge in [0, 0.05) is 25.2 Å². The zero-order chi connectivity index (χ0) is 20.8. The van der Waals surface area contributed by atoms with E-state index in [1.807, 2.05) is 51.9 Å². The van der Waals surface area contributed by atoms with Crippen molar-refractivity contribution >= 4 is 17.7 Å². The number of methoxy groups -OCH3 is 1. The first-order chi connectivity index (χ1) is 14.7. The molecule has 8 heteroatoms. The van der Waals surface area contributed by atoms with Gasteiger partial charge in [0.15, 0.2) is 5.16 Å². The van der Waals surface area contributed by atoms with Crippen LogP contribution in [0, 0.1) is 0 Å². The van der Waals surface area contributed by atoms with Gasteiger partial charge in [-0.25, -0.2) is 0 Å². The minimum Gasteiger partial charge on any atom is -0.497 e. The molecular formula is C22H24N4O3S. The molecular weight excluding hydrogens is 400 g/mol. The lowest BCUT2D eigenvalue weighted by molar-refractivity contribution is -0.132. The van der Waals surface area contributed by atoms with Crippen LogP contribution in [-0.2, 0) is 16.0 Å². The highest BCUT2D eigenvalue weighted by Gasteiger charge is 2.20. The molecule has 156 valence electrons. The van der Waals surface area contributed by atoms with Crippen molar-refractivity contribution in [2.45, 2.75) is 11.6 Å². The van der Waals surface area contributed by atoms with Crippen molar-refractivity contribution in [3.05, 3.63) is 66.0 Å². The van der Waals surface area contributed by atoms with E-state index in [0.29, 0.717) is 43.6 Å². The highest BCUT2D eigenvalue weighted by molar-refractivity contribution is 7.99. The number of hydrogen-bond donors (Lipinski definition) is 0. The van der Waals surface area contributed by atoms with Gasteiger partial charge >= 0.3 is 0 Å². The van der Waals surface area contributed by atoms with Crippen LogP contribution in [0.5, 0.6) is 5.75 Å². The summed E-state index contributed by atoms with van der Waals surface area (Å²) in [6.45, 7) is 2.48. The van der Waals surface area contributed by atoms with E-state index in [0.717, 1.165) is 22.8 Å². The summed E-state index contributed by atoms with van der Waals surface area (Å²) in [5.41, 5.74) is 2.09. The molecule has 7 nitrogen and oxygen atoms in total. The number of benzene rings is 2.